The van der Waals surface area contributed by atoms with Crippen molar-refractivity contribution in [1.82, 2.24) is 5.01 Å². The van der Waals surface area contributed by atoms with Crippen molar-refractivity contribution in [1.29, 1.82) is 0 Å². The van der Waals surface area contributed by atoms with E-state index >= 15 is 0 Å². The van der Waals surface area contributed by atoms with E-state index in [1.165, 1.54) is 0 Å². The molecule has 2 amide bonds. The monoisotopic (exact) mass is 274 g/mol. The van der Waals surface area contributed by atoms with Crippen LogP contribution < -0.4 is 0 Å². The van der Waals surface area contributed by atoms with Crippen molar-refractivity contribution in [2.45, 2.75) is 26.2 Å². The summed E-state index contributed by atoms with van der Waals surface area (Å²) in [6, 6.07) is 8.59. The van der Waals surface area contributed by atoms with Crippen LogP contribution in [0.4, 0.5) is 0 Å². The molecule has 0 saturated carbocycles. The predicted octanol–water partition coefficient (Wildman–Crippen LogP) is 2.19. The van der Waals surface area contributed by atoms with Crippen LogP contribution in [0.1, 0.15) is 31.7 Å². The molecule has 6 heteroatoms. The number of imide groups is 1. The van der Waals surface area contributed by atoms with Gasteiger partial charge in [0.1, 0.15) is 0 Å². The molecule has 0 N–H and O–H groups in total. The normalized spacial score (nSPS) is 15.2. The Morgan fingerprint density at radius 3 is 2.35 bits per heavy atom. The first-order chi connectivity index (χ1) is 9.57. The Morgan fingerprint density at radius 1 is 1.15 bits per heavy atom. The van der Waals surface area contributed by atoms with E-state index in [1.54, 1.807) is 30.3 Å². The first-order valence-electron chi connectivity index (χ1n) is 6.39. The van der Waals surface area contributed by atoms with E-state index in [-0.39, 0.29) is 16.2 Å². The van der Waals surface area contributed by atoms with E-state index in [4.69, 9.17) is 0 Å². The molecule has 1 aromatic rings. The Morgan fingerprint density at radius 2 is 1.80 bits per heavy atom. The minimum absolute atomic E-state index is 0.104. The Labute approximate surface area is 115 Å². The van der Waals surface area contributed by atoms with Crippen LogP contribution in [0, 0.1) is 10.1 Å². The Bertz CT molecular complexity index is 592. The number of benzene rings is 1. The Kier molecular flexibility index (Phi) is 3.93. The summed E-state index contributed by atoms with van der Waals surface area (Å²) in [6.07, 6.45) is 1.91. The van der Waals surface area contributed by atoms with E-state index < -0.39 is 16.8 Å². The van der Waals surface area contributed by atoms with E-state index in [9.17, 15) is 19.7 Å². The van der Waals surface area contributed by atoms with Crippen molar-refractivity contribution in [3.63, 3.8) is 0 Å². The lowest BCUT2D eigenvalue weighted by molar-refractivity contribution is -0.612. The second kappa shape index (κ2) is 5.64. The summed E-state index contributed by atoms with van der Waals surface area (Å²) < 4.78 is 0. The molecule has 0 saturated heterocycles. The Hall–Kier alpha value is -2.50. The predicted molar refractivity (Wildman–Crippen MR) is 71.7 cm³/mol. The van der Waals surface area contributed by atoms with E-state index in [0.29, 0.717) is 18.4 Å². The average molecular weight is 274 g/mol. The number of hydrogen-bond acceptors (Lipinski definition) is 4. The number of nitro groups is 1. The van der Waals surface area contributed by atoms with Crippen LogP contribution in [-0.2, 0) is 9.59 Å². The van der Waals surface area contributed by atoms with Crippen molar-refractivity contribution >= 4 is 17.4 Å². The van der Waals surface area contributed by atoms with Crippen molar-refractivity contribution in [3.05, 3.63) is 51.6 Å². The maximum Gasteiger partial charge on any atom is 0.325 e. The van der Waals surface area contributed by atoms with Gasteiger partial charge in [-0.15, -0.1) is 0 Å². The molecule has 1 aliphatic heterocycles. The minimum atomic E-state index is -0.952. The van der Waals surface area contributed by atoms with Gasteiger partial charge in [0.25, 0.3) is 0 Å². The number of nitrogens with zero attached hydrogens (tertiary/aromatic N) is 2. The van der Waals surface area contributed by atoms with Crippen molar-refractivity contribution < 1.29 is 14.6 Å². The van der Waals surface area contributed by atoms with Crippen LogP contribution in [0.25, 0.3) is 5.57 Å². The number of carbonyl (C=O) groups is 2. The molecule has 0 bridgehead atoms. The number of rotatable bonds is 5. The summed E-state index contributed by atoms with van der Waals surface area (Å²) in [5.41, 5.74) is 0.932. The fourth-order valence-electron chi connectivity index (χ4n) is 2.20. The van der Waals surface area contributed by atoms with Gasteiger partial charge in [0.05, 0.1) is 5.57 Å². The first-order valence-corrected chi connectivity index (χ1v) is 6.39. The lowest BCUT2D eigenvalue weighted by Crippen LogP contribution is -2.36. The molecule has 0 aromatic heterocycles. The molecule has 0 atom stereocenters. The summed E-state index contributed by atoms with van der Waals surface area (Å²) >= 11 is 0. The minimum Gasteiger partial charge on any atom is -0.263 e. The van der Waals surface area contributed by atoms with Crippen molar-refractivity contribution in [2.75, 3.05) is 0 Å². The third-order valence-electron chi connectivity index (χ3n) is 3.16. The summed E-state index contributed by atoms with van der Waals surface area (Å²) in [5.74, 6) is -1.66. The maximum atomic E-state index is 12.1. The number of hydrogen-bond donors (Lipinski definition) is 0. The molecule has 0 spiro atoms. The van der Waals surface area contributed by atoms with Crippen LogP contribution >= 0.6 is 0 Å². The molecule has 0 radical (unpaired) electrons. The quantitative estimate of drug-likeness (QED) is 0.468. The van der Waals surface area contributed by atoms with Gasteiger partial charge in [0.2, 0.25) is 0 Å². The molecule has 104 valence electrons. The fourth-order valence-corrected chi connectivity index (χ4v) is 2.20. The topological polar surface area (TPSA) is 80.5 Å². The van der Waals surface area contributed by atoms with Crippen LogP contribution in [0.2, 0.25) is 0 Å². The van der Waals surface area contributed by atoms with Gasteiger partial charge < -0.3 is 0 Å². The third kappa shape index (κ3) is 2.32. The van der Waals surface area contributed by atoms with Gasteiger partial charge in [0, 0.05) is 10.6 Å². The molecule has 1 aliphatic rings. The van der Waals surface area contributed by atoms with Gasteiger partial charge in [-0.3, -0.25) is 9.59 Å². The number of amides is 2. The highest BCUT2D eigenvalue weighted by Crippen LogP contribution is 2.32. The molecule has 2 rings (SSSR count). The average Bonchev–Trinajstić information content (AvgIpc) is 2.68. The van der Waals surface area contributed by atoms with Gasteiger partial charge in [-0.2, -0.15) is 0 Å². The zero-order valence-corrected chi connectivity index (χ0v) is 11.0. The summed E-state index contributed by atoms with van der Waals surface area (Å²) in [7, 11) is 0. The van der Waals surface area contributed by atoms with Gasteiger partial charge in [-0.05, 0) is 18.4 Å². The molecular weight excluding hydrogens is 260 g/mol. The maximum absolute atomic E-state index is 12.1. The Balaban J connectivity index is 2.50. The molecule has 6 nitrogen and oxygen atoms in total. The number of unbranched alkanes of at least 4 members (excludes halogenated alkanes) is 1. The fraction of sp³-hybridized carbons (Fsp3) is 0.286. The van der Waals surface area contributed by atoms with E-state index in [1.807, 2.05) is 6.92 Å². The SMILES string of the molecule is CCCCC1=C(c2ccccc2)C(=O)N([N+](=O)[O-])C1=O. The molecule has 1 heterocycles. The van der Waals surface area contributed by atoms with Gasteiger partial charge >= 0.3 is 11.8 Å². The van der Waals surface area contributed by atoms with Crippen LogP contribution in [0.5, 0.6) is 0 Å². The molecule has 0 aliphatic carbocycles. The zero-order chi connectivity index (χ0) is 14.7. The summed E-state index contributed by atoms with van der Waals surface area (Å²) in [5, 5.41) is 10.0. The molecule has 1 aromatic carbocycles. The third-order valence-corrected chi connectivity index (χ3v) is 3.16. The first kappa shape index (κ1) is 13.9. The molecule has 0 unspecified atom stereocenters. The smallest absolute Gasteiger partial charge is 0.263 e. The van der Waals surface area contributed by atoms with Crippen LogP contribution in [0.3, 0.4) is 0 Å². The highest BCUT2D eigenvalue weighted by atomic mass is 16.7. The molecule has 0 fully saturated rings. The van der Waals surface area contributed by atoms with Gasteiger partial charge in [-0.25, -0.2) is 10.1 Å². The van der Waals surface area contributed by atoms with Crippen molar-refractivity contribution in [3.8, 4) is 0 Å². The number of carbonyl (C=O) groups excluding carboxylic acids is 2. The summed E-state index contributed by atoms with van der Waals surface area (Å²) in [6.45, 7) is 1.95. The molecule has 20 heavy (non-hydrogen) atoms. The van der Waals surface area contributed by atoms with Crippen molar-refractivity contribution in [2.24, 2.45) is 0 Å². The largest absolute Gasteiger partial charge is 0.325 e. The van der Waals surface area contributed by atoms with Gasteiger partial charge in [0.15, 0.2) is 5.03 Å². The van der Waals surface area contributed by atoms with Crippen LogP contribution in [-0.4, -0.2) is 21.9 Å². The summed E-state index contributed by atoms with van der Waals surface area (Å²) in [4.78, 5) is 35.1. The highest BCUT2D eigenvalue weighted by molar-refractivity contribution is 6.35. The molecular formula is C14H14N2O4. The van der Waals surface area contributed by atoms with E-state index in [2.05, 4.69) is 0 Å². The second-order valence-corrected chi connectivity index (χ2v) is 4.48. The van der Waals surface area contributed by atoms with Gasteiger partial charge in [-0.1, -0.05) is 43.7 Å². The lowest BCUT2D eigenvalue weighted by Gasteiger charge is -2.02. The van der Waals surface area contributed by atoms with Crippen LogP contribution in [0.15, 0.2) is 35.9 Å². The zero-order valence-electron chi connectivity index (χ0n) is 11.0. The van der Waals surface area contributed by atoms with E-state index in [0.717, 1.165) is 6.42 Å². The standard InChI is InChI=1S/C14H14N2O4/c1-2-3-9-11-12(10-7-5-4-6-8-10)14(18)15(13(11)17)16(19)20/h4-8H,2-3,9H2,1H3. The highest BCUT2D eigenvalue weighted by Gasteiger charge is 2.46. The lowest BCUT2D eigenvalue weighted by atomic mass is 9.98. The number of hydrazine groups is 1. The second-order valence-electron chi connectivity index (χ2n) is 4.48.